The molecule has 0 aromatic heterocycles. The van der Waals surface area contributed by atoms with Gasteiger partial charge in [0, 0.05) is 0 Å². The lowest BCUT2D eigenvalue weighted by atomic mass is 10.3. The van der Waals surface area contributed by atoms with Crippen LogP contribution in [0.5, 0.6) is 0 Å². The van der Waals surface area contributed by atoms with E-state index in [1.165, 1.54) is 12.8 Å². The topological polar surface area (TPSA) is 80.8 Å². The van der Waals surface area contributed by atoms with E-state index in [0.717, 1.165) is 19.8 Å². The van der Waals surface area contributed by atoms with Gasteiger partial charge in [-0.25, -0.2) is 4.79 Å². The molecule has 6 heteroatoms. The number of ether oxygens (including phenoxy) is 4. The van der Waals surface area contributed by atoms with E-state index in [4.69, 9.17) is 19.3 Å². The highest BCUT2D eigenvalue weighted by molar-refractivity contribution is 5.84. The van der Waals surface area contributed by atoms with Crippen molar-refractivity contribution in [2.45, 2.75) is 52.7 Å². The summed E-state index contributed by atoms with van der Waals surface area (Å²) in [5.41, 5.74) is 0. The van der Waals surface area contributed by atoms with Crippen molar-refractivity contribution in [1.82, 2.24) is 0 Å². The smallest absolute Gasteiger partial charge is 0.372 e. The third-order valence-electron chi connectivity index (χ3n) is 2.47. The Bertz CT molecular complexity index is 321. The number of carbonyl (C=O) groups is 1. The predicted octanol–water partition coefficient (Wildman–Crippen LogP) is 3.42. The van der Waals surface area contributed by atoms with E-state index in [1.807, 2.05) is 13.8 Å². The van der Waals surface area contributed by atoms with E-state index in [0.29, 0.717) is 18.8 Å². The van der Waals surface area contributed by atoms with Crippen molar-refractivity contribution in [3.8, 4) is 0 Å². The molecular formula is C18H34O6. The van der Waals surface area contributed by atoms with Crippen LogP contribution >= 0.6 is 0 Å². The molecule has 0 bridgehead atoms. The summed E-state index contributed by atoms with van der Waals surface area (Å²) < 4.78 is 19.2. The molecule has 0 aromatic carbocycles. The minimum atomic E-state index is -0.757. The summed E-state index contributed by atoms with van der Waals surface area (Å²) in [5.74, 6) is -1.31. The number of aliphatic hydroxyl groups is 1. The van der Waals surface area contributed by atoms with Gasteiger partial charge in [-0.3, -0.25) is 0 Å². The van der Waals surface area contributed by atoms with Crippen LogP contribution in [0.15, 0.2) is 25.0 Å². The second kappa shape index (κ2) is 18.0. The summed E-state index contributed by atoms with van der Waals surface area (Å²) in [4.78, 5) is 10.2. The monoisotopic (exact) mass is 346 g/mol. The maximum atomic E-state index is 10.2. The average Bonchev–Trinajstić information content (AvgIpc) is 3.47. The van der Waals surface area contributed by atoms with E-state index < -0.39 is 11.7 Å². The lowest BCUT2D eigenvalue weighted by molar-refractivity contribution is -0.141. The third kappa shape index (κ3) is 20.6. The summed E-state index contributed by atoms with van der Waals surface area (Å²) in [6, 6.07) is 0. The number of esters is 1. The van der Waals surface area contributed by atoms with Crippen LogP contribution in [-0.4, -0.2) is 56.3 Å². The van der Waals surface area contributed by atoms with Crippen molar-refractivity contribution in [2.75, 3.05) is 33.0 Å². The summed E-state index contributed by atoms with van der Waals surface area (Å²) >= 11 is 0. The Kier molecular flexibility index (Phi) is 18.6. The Morgan fingerprint density at radius 1 is 1.25 bits per heavy atom. The van der Waals surface area contributed by atoms with Gasteiger partial charge in [-0.2, -0.15) is 0 Å². The Morgan fingerprint density at radius 2 is 1.79 bits per heavy atom. The molecule has 0 saturated carbocycles. The van der Waals surface area contributed by atoms with Crippen LogP contribution in [0.4, 0.5) is 0 Å². The molecule has 0 radical (unpaired) electrons. The van der Waals surface area contributed by atoms with E-state index in [2.05, 4.69) is 24.8 Å². The SMILES string of the molecule is C=C(O)C(=O)OCC.C=CCOCC1CO1.CC.CCCC1CO1. The fourth-order valence-electron chi connectivity index (χ4n) is 1.22. The van der Waals surface area contributed by atoms with Gasteiger partial charge < -0.3 is 24.1 Å². The highest BCUT2D eigenvalue weighted by Gasteiger charge is 2.21. The first-order chi connectivity index (χ1) is 11.5. The lowest BCUT2D eigenvalue weighted by Gasteiger charge is -1.95. The highest BCUT2D eigenvalue weighted by atomic mass is 16.6. The zero-order valence-electron chi connectivity index (χ0n) is 15.6. The van der Waals surface area contributed by atoms with Crippen LogP contribution in [0.3, 0.4) is 0 Å². The van der Waals surface area contributed by atoms with Crippen molar-refractivity contribution >= 4 is 5.97 Å². The predicted molar refractivity (Wildman–Crippen MR) is 95.2 cm³/mol. The Labute approximate surface area is 146 Å². The maximum absolute atomic E-state index is 10.2. The molecule has 2 aliphatic heterocycles. The van der Waals surface area contributed by atoms with Gasteiger partial charge in [-0.1, -0.05) is 33.3 Å². The highest BCUT2D eigenvalue weighted by Crippen LogP contribution is 2.14. The van der Waals surface area contributed by atoms with E-state index in [1.54, 1.807) is 13.0 Å². The molecule has 2 rings (SSSR count). The number of rotatable bonds is 8. The van der Waals surface area contributed by atoms with Crippen LogP contribution in [0.25, 0.3) is 0 Å². The van der Waals surface area contributed by atoms with Crippen LogP contribution in [0.1, 0.15) is 40.5 Å². The van der Waals surface area contributed by atoms with E-state index in [-0.39, 0.29) is 6.61 Å². The normalized spacial score (nSPS) is 19.0. The van der Waals surface area contributed by atoms with Crippen molar-refractivity contribution in [3.63, 3.8) is 0 Å². The van der Waals surface area contributed by atoms with Crippen LogP contribution < -0.4 is 0 Å². The summed E-state index contributed by atoms with van der Waals surface area (Å²) in [6.07, 6.45) is 5.30. The molecule has 0 spiro atoms. The van der Waals surface area contributed by atoms with Crippen LogP contribution in [-0.2, 0) is 23.7 Å². The largest absolute Gasteiger partial charge is 0.502 e. The summed E-state index contributed by atoms with van der Waals surface area (Å²) in [6.45, 7) is 17.8. The van der Waals surface area contributed by atoms with Crippen molar-refractivity contribution in [3.05, 3.63) is 25.0 Å². The quantitative estimate of drug-likeness (QED) is 0.181. The van der Waals surface area contributed by atoms with Crippen molar-refractivity contribution in [1.29, 1.82) is 0 Å². The zero-order valence-corrected chi connectivity index (χ0v) is 15.6. The standard InChI is InChI=1S/C6H10O2.C5H8O3.C5H10O.C2H6/c1-2-3-7-4-6-5-8-6;1-3-8-5(7)4(2)6;1-2-3-5-4-6-5;1-2/h2,6H,1,3-5H2;6H,2-3H2,1H3;5H,2-4H2,1H3;1-2H3. The Morgan fingerprint density at radius 3 is 2.04 bits per heavy atom. The average molecular weight is 346 g/mol. The van der Waals surface area contributed by atoms with Gasteiger partial charge in [0.2, 0.25) is 0 Å². The maximum Gasteiger partial charge on any atom is 0.372 e. The van der Waals surface area contributed by atoms with Gasteiger partial charge >= 0.3 is 5.97 Å². The first kappa shape index (κ1) is 24.9. The molecule has 2 atom stereocenters. The molecule has 142 valence electrons. The molecule has 0 amide bonds. The fraction of sp³-hybridized carbons (Fsp3) is 0.722. The molecule has 2 fully saturated rings. The second-order valence-corrected chi connectivity index (χ2v) is 4.69. The summed E-state index contributed by atoms with van der Waals surface area (Å²) in [7, 11) is 0. The zero-order chi connectivity index (χ0) is 18.8. The molecule has 0 aromatic rings. The van der Waals surface area contributed by atoms with Crippen molar-refractivity contribution in [2.24, 2.45) is 0 Å². The number of hydrogen-bond acceptors (Lipinski definition) is 6. The van der Waals surface area contributed by atoms with Gasteiger partial charge in [0.25, 0.3) is 0 Å². The molecule has 1 N–H and O–H groups in total. The van der Waals surface area contributed by atoms with Gasteiger partial charge in [-0.05, 0) is 19.9 Å². The number of epoxide rings is 2. The fourth-order valence-corrected chi connectivity index (χ4v) is 1.22. The molecule has 0 aliphatic carbocycles. The van der Waals surface area contributed by atoms with Gasteiger partial charge in [0.05, 0.1) is 39.1 Å². The second-order valence-electron chi connectivity index (χ2n) is 4.69. The number of hydrogen-bond donors (Lipinski definition) is 1. The molecule has 2 saturated heterocycles. The molecule has 24 heavy (non-hydrogen) atoms. The van der Waals surface area contributed by atoms with Gasteiger partial charge in [0.15, 0.2) is 5.76 Å². The Hall–Kier alpha value is -1.37. The number of aliphatic hydroxyl groups excluding tert-OH is 1. The van der Waals surface area contributed by atoms with Crippen LogP contribution in [0, 0.1) is 0 Å². The minimum Gasteiger partial charge on any atom is -0.502 e. The lowest BCUT2D eigenvalue weighted by Crippen LogP contribution is -2.05. The first-order valence-corrected chi connectivity index (χ1v) is 8.51. The third-order valence-corrected chi connectivity index (χ3v) is 2.47. The minimum absolute atomic E-state index is 0.262. The number of carbonyl (C=O) groups excluding carboxylic acids is 1. The first-order valence-electron chi connectivity index (χ1n) is 8.51. The van der Waals surface area contributed by atoms with Crippen molar-refractivity contribution < 1.29 is 28.8 Å². The van der Waals surface area contributed by atoms with E-state index in [9.17, 15) is 4.79 Å². The molecule has 2 unspecified atom stereocenters. The van der Waals surface area contributed by atoms with Gasteiger partial charge in [-0.15, -0.1) is 6.58 Å². The summed E-state index contributed by atoms with van der Waals surface area (Å²) in [5, 5.41) is 8.28. The molecule has 2 heterocycles. The molecular weight excluding hydrogens is 312 g/mol. The van der Waals surface area contributed by atoms with Crippen LogP contribution in [0.2, 0.25) is 0 Å². The Balaban J connectivity index is 0. The molecule has 2 aliphatic rings. The van der Waals surface area contributed by atoms with Gasteiger partial charge in [0.1, 0.15) is 6.10 Å². The van der Waals surface area contributed by atoms with E-state index >= 15 is 0 Å². The molecule has 6 nitrogen and oxygen atoms in total.